The Morgan fingerprint density at radius 1 is 1.48 bits per heavy atom. The number of amides is 1. The molecule has 1 aromatic rings. The highest BCUT2D eigenvalue weighted by Crippen LogP contribution is 2.31. The van der Waals surface area contributed by atoms with Crippen molar-refractivity contribution in [1.29, 1.82) is 0 Å². The lowest BCUT2D eigenvalue weighted by Crippen LogP contribution is -2.36. The zero-order chi connectivity index (χ0) is 15.4. The first-order valence-electron chi connectivity index (χ1n) is 7.38. The van der Waals surface area contributed by atoms with E-state index in [-0.39, 0.29) is 12.5 Å². The van der Waals surface area contributed by atoms with Gasteiger partial charge in [-0.25, -0.2) is 0 Å². The number of pyridine rings is 1. The number of ether oxygens (including phenoxy) is 1. The largest absolute Gasteiger partial charge is 0.476 e. The highest BCUT2D eigenvalue weighted by atomic mass is 16.5. The Balaban J connectivity index is 2.13. The van der Waals surface area contributed by atoms with Gasteiger partial charge in [-0.2, -0.15) is 4.98 Å². The van der Waals surface area contributed by atoms with Crippen LogP contribution in [0.2, 0.25) is 0 Å². The summed E-state index contributed by atoms with van der Waals surface area (Å²) in [6.45, 7) is 5.64. The molecule has 0 aliphatic heterocycles. The Hall–Kier alpha value is -1.98. The smallest absolute Gasteiger partial charge is 0.239 e. The number of rotatable bonds is 8. The summed E-state index contributed by atoms with van der Waals surface area (Å²) in [5.41, 5.74) is 11.7. The number of nitrogens with zero attached hydrogens (tertiary/aromatic N) is 2. The number of carbonyl (C=O) groups excluding carboxylic acids is 1. The van der Waals surface area contributed by atoms with E-state index in [4.69, 9.17) is 16.2 Å². The first-order chi connectivity index (χ1) is 9.95. The summed E-state index contributed by atoms with van der Waals surface area (Å²) >= 11 is 0. The zero-order valence-corrected chi connectivity index (χ0v) is 12.7. The maximum Gasteiger partial charge on any atom is 0.239 e. The molecule has 21 heavy (non-hydrogen) atoms. The van der Waals surface area contributed by atoms with Crippen LogP contribution in [0.3, 0.4) is 0 Å². The molecule has 1 amide bonds. The molecule has 1 saturated carbocycles. The average Bonchev–Trinajstić information content (AvgIpc) is 3.20. The van der Waals surface area contributed by atoms with E-state index in [2.05, 4.69) is 18.8 Å². The monoisotopic (exact) mass is 292 g/mol. The normalized spacial score (nSPS) is 14.2. The molecular weight excluding hydrogens is 268 g/mol. The first kappa shape index (κ1) is 15.4. The van der Waals surface area contributed by atoms with E-state index in [9.17, 15) is 4.79 Å². The third-order valence-corrected chi connectivity index (χ3v) is 3.28. The van der Waals surface area contributed by atoms with Crippen molar-refractivity contribution in [2.75, 3.05) is 30.3 Å². The number of nitrogens with two attached hydrogens (primary N) is 2. The van der Waals surface area contributed by atoms with Crippen LogP contribution in [0.4, 0.5) is 11.5 Å². The van der Waals surface area contributed by atoms with Crippen LogP contribution >= 0.6 is 0 Å². The topological polar surface area (TPSA) is 94.5 Å². The molecule has 0 radical (unpaired) electrons. The van der Waals surface area contributed by atoms with Crippen molar-refractivity contribution in [2.24, 2.45) is 17.6 Å². The van der Waals surface area contributed by atoms with Gasteiger partial charge >= 0.3 is 0 Å². The lowest BCUT2D eigenvalue weighted by atomic mass is 10.2. The molecule has 0 aromatic carbocycles. The van der Waals surface area contributed by atoms with Crippen LogP contribution in [0.1, 0.15) is 26.7 Å². The van der Waals surface area contributed by atoms with E-state index in [0.29, 0.717) is 42.4 Å². The lowest BCUT2D eigenvalue weighted by molar-refractivity contribution is -0.116. The molecule has 1 aromatic heterocycles. The molecular formula is C15H24N4O2. The van der Waals surface area contributed by atoms with Crippen LogP contribution in [0.25, 0.3) is 0 Å². The Morgan fingerprint density at radius 2 is 2.19 bits per heavy atom. The summed E-state index contributed by atoms with van der Waals surface area (Å²) in [5, 5.41) is 0. The highest BCUT2D eigenvalue weighted by molar-refractivity contribution is 5.79. The molecule has 0 saturated heterocycles. The summed E-state index contributed by atoms with van der Waals surface area (Å²) in [7, 11) is 0. The van der Waals surface area contributed by atoms with Gasteiger partial charge in [0.15, 0.2) is 0 Å². The molecule has 4 N–H and O–H groups in total. The minimum Gasteiger partial charge on any atom is -0.476 e. The van der Waals surface area contributed by atoms with Gasteiger partial charge in [0.2, 0.25) is 11.8 Å². The van der Waals surface area contributed by atoms with Gasteiger partial charge in [-0.1, -0.05) is 13.8 Å². The fourth-order valence-electron chi connectivity index (χ4n) is 2.08. The molecule has 2 rings (SSSR count). The Bertz CT molecular complexity index is 500. The van der Waals surface area contributed by atoms with Gasteiger partial charge in [-0.15, -0.1) is 0 Å². The molecule has 6 nitrogen and oxygen atoms in total. The van der Waals surface area contributed by atoms with Crippen molar-refractivity contribution in [3.05, 3.63) is 12.1 Å². The van der Waals surface area contributed by atoms with E-state index in [1.165, 1.54) is 12.8 Å². The minimum atomic E-state index is -0.380. The van der Waals surface area contributed by atoms with E-state index in [1.807, 2.05) is 4.90 Å². The SMILES string of the molecule is CC(C)CN(CC(N)=O)c1ccc(N)c(OCC2CC2)n1. The molecule has 1 aliphatic rings. The molecule has 0 spiro atoms. The van der Waals surface area contributed by atoms with E-state index in [1.54, 1.807) is 12.1 Å². The summed E-state index contributed by atoms with van der Waals surface area (Å²) in [5.74, 6) is 1.75. The van der Waals surface area contributed by atoms with Crippen molar-refractivity contribution in [3.8, 4) is 5.88 Å². The van der Waals surface area contributed by atoms with Gasteiger partial charge in [-0.05, 0) is 36.8 Å². The number of carbonyl (C=O) groups is 1. The van der Waals surface area contributed by atoms with Crippen LogP contribution < -0.4 is 21.1 Å². The van der Waals surface area contributed by atoms with E-state index < -0.39 is 0 Å². The van der Waals surface area contributed by atoms with Crippen LogP contribution in [-0.4, -0.2) is 30.6 Å². The third kappa shape index (κ3) is 4.81. The van der Waals surface area contributed by atoms with Crippen LogP contribution in [-0.2, 0) is 4.79 Å². The van der Waals surface area contributed by atoms with Crippen LogP contribution in [0.5, 0.6) is 5.88 Å². The predicted molar refractivity (Wildman–Crippen MR) is 83.1 cm³/mol. The van der Waals surface area contributed by atoms with Crippen LogP contribution in [0.15, 0.2) is 12.1 Å². The van der Waals surface area contributed by atoms with Gasteiger partial charge < -0.3 is 21.1 Å². The number of primary amides is 1. The van der Waals surface area contributed by atoms with E-state index in [0.717, 1.165) is 0 Å². The standard InChI is InChI=1S/C15H24N4O2/c1-10(2)7-19(8-13(17)20)14-6-5-12(16)15(18-14)21-9-11-3-4-11/h5-6,10-11H,3-4,7-9,16H2,1-2H3,(H2,17,20). The predicted octanol–water partition coefficient (Wildman–Crippen LogP) is 1.40. The summed E-state index contributed by atoms with van der Waals surface area (Å²) in [4.78, 5) is 17.5. The van der Waals surface area contributed by atoms with Crippen molar-refractivity contribution in [1.82, 2.24) is 4.98 Å². The molecule has 0 bridgehead atoms. The second kappa shape index (κ2) is 6.65. The number of hydrogen-bond acceptors (Lipinski definition) is 5. The fraction of sp³-hybridized carbons (Fsp3) is 0.600. The summed E-state index contributed by atoms with van der Waals surface area (Å²) in [6.07, 6.45) is 2.42. The average molecular weight is 292 g/mol. The Morgan fingerprint density at radius 3 is 2.76 bits per heavy atom. The van der Waals surface area contributed by atoms with Crippen LogP contribution in [0, 0.1) is 11.8 Å². The molecule has 0 unspecified atom stereocenters. The second-order valence-electron chi connectivity index (χ2n) is 6.06. The number of hydrogen-bond donors (Lipinski definition) is 2. The van der Waals surface area contributed by atoms with Crippen molar-refractivity contribution >= 4 is 17.4 Å². The number of aromatic nitrogens is 1. The molecule has 116 valence electrons. The molecule has 1 aliphatic carbocycles. The maximum atomic E-state index is 11.2. The van der Waals surface area contributed by atoms with Crippen molar-refractivity contribution in [2.45, 2.75) is 26.7 Å². The van der Waals surface area contributed by atoms with Gasteiger partial charge in [0.1, 0.15) is 5.82 Å². The third-order valence-electron chi connectivity index (χ3n) is 3.28. The molecule has 1 fully saturated rings. The van der Waals surface area contributed by atoms with Gasteiger partial charge in [0.05, 0.1) is 18.8 Å². The molecule has 6 heteroatoms. The lowest BCUT2D eigenvalue weighted by Gasteiger charge is -2.24. The molecule has 0 atom stereocenters. The summed E-state index contributed by atoms with van der Waals surface area (Å²) in [6, 6.07) is 3.56. The Kier molecular flexibility index (Phi) is 4.88. The van der Waals surface area contributed by atoms with Crippen molar-refractivity contribution < 1.29 is 9.53 Å². The summed E-state index contributed by atoms with van der Waals surface area (Å²) < 4.78 is 5.68. The van der Waals surface area contributed by atoms with Gasteiger partial charge in [0.25, 0.3) is 0 Å². The zero-order valence-electron chi connectivity index (χ0n) is 12.7. The maximum absolute atomic E-state index is 11.2. The minimum absolute atomic E-state index is 0.136. The number of anilines is 2. The van der Waals surface area contributed by atoms with Gasteiger partial charge in [-0.3, -0.25) is 4.79 Å². The quantitative estimate of drug-likeness (QED) is 0.755. The van der Waals surface area contributed by atoms with Crippen molar-refractivity contribution in [3.63, 3.8) is 0 Å². The first-order valence-corrected chi connectivity index (χ1v) is 7.38. The Labute approximate surface area is 125 Å². The van der Waals surface area contributed by atoms with Gasteiger partial charge in [0, 0.05) is 6.54 Å². The fourth-order valence-corrected chi connectivity index (χ4v) is 2.08. The molecule has 1 heterocycles. The van der Waals surface area contributed by atoms with E-state index >= 15 is 0 Å². The second-order valence-corrected chi connectivity index (χ2v) is 6.06. The highest BCUT2D eigenvalue weighted by Gasteiger charge is 2.23. The number of nitrogen functional groups attached to an aromatic ring is 1.